The van der Waals surface area contributed by atoms with Crippen molar-refractivity contribution in [2.24, 2.45) is 0 Å². The smallest absolute Gasteiger partial charge is 0.405 e. The van der Waals surface area contributed by atoms with E-state index in [-0.39, 0.29) is 0 Å². The first-order valence-electron chi connectivity index (χ1n) is 6.76. The molecule has 4 heteroatoms. The van der Waals surface area contributed by atoms with Crippen molar-refractivity contribution in [3.05, 3.63) is 21.4 Å². The van der Waals surface area contributed by atoms with Crippen molar-refractivity contribution in [3.8, 4) is 0 Å². The fraction of sp³-hybridized carbons (Fsp3) is 0.667. The summed E-state index contributed by atoms with van der Waals surface area (Å²) < 4.78 is 0. The summed E-state index contributed by atoms with van der Waals surface area (Å²) in [6.07, 6.45) is -0.230. The van der Waals surface area contributed by atoms with Crippen LogP contribution in [0.25, 0.3) is 0 Å². The van der Waals surface area contributed by atoms with E-state index in [9.17, 15) is 4.79 Å². The lowest BCUT2D eigenvalue weighted by Crippen LogP contribution is -2.44. The molecular formula is C15H25NO2S. The number of nitrogens with one attached hydrogen (secondary N) is 1. The highest BCUT2D eigenvalue weighted by Crippen LogP contribution is 2.35. The molecule has 0 radical (unpaired) electrons. The summed E-state index contributed by atoms with van der Waals surface area (Å²) in [6, 6.07) is 2.25. The quantitative estimate of drug-likeness (QED) is 0.830. The van der Waals surface area contributed by atoms with Crippen molar-refractivity contribution in [2.45, 2.75) is 65.3 Å². The van der Waals surface area contributed by atoms with E-state index in [2.05, 4.69) is 39.1 Å². The molecule has 2 N–H and O–H groups in total. The Labute approximate surface area is 120 Å². The lowest BCUT2D eigenvalue weighted by atomic mass is 9.92. The van der Waals surface area contributed by atoms with Crippen LogP contribution in [-0.4, -0.2) is 16.7 Å². The van der Waals surface area contributed by atoms with Gasteiger partial charge in [-0.1, -0.05) is 27.7 Å². The van der Waals surface area contributed by atoms with Crippen LogP contribution in [-0.2, 0) is 6.42 Å². The summed E-state index contributed by atoms with van der Waals surface area (Å²) in [5.41, 5.74) is 0.840. The molecule has 1 aromatic heterocycles. The molecule has 3 nitrogen and oxygen atoms in total. The molecule has 0 saturated carbocycles. The van der Waals surface area contributed by atoms with Gasteiger partial charge in [0, 0.05) is 15.3 Å². The first-order valence-corrected chi connectivity index (χ1v) is 7.57. The second kappa shape index (κ2) is 5.95. The van der Waals surface area contributed by atoms with Crippen LogP contribution in [0, 0.1) is 0 Å². The zero-order valence-electron chi connectivity index (χ0n) is 12.7. The first-order chi connectivity index (χ1) is 8.62. The average Bonchev–Trinajstić information content (AvgIpc) is 2.58. The van der Waals surface area contributed by atoms with Crippen molar-refractivity contribution >= 4 is 17.4 Å². The van der Waals surface area contributed by atoms with Gasteiger partial charge in [-0.3, -0.25) is 0 Å². The van der Waals surface area contributed by atoms with Crippen molar-refractivity contribution in [2.75, 3.05) is 0 Å². The molecule has 0 unspecified atom stereocenters. The van der Waals surface area contributed by atoms with Crippen LogP contribution < -0.4 is 5.32 Å². The van der Waals surface area contributed by atoms with Gasteiger partial charge in [0.25, 0.3) is 0 Å². The Morgan fingerprint density at radius 3 is 2.32 bits per heavy atom. The maximum atomic E-state index is 10.8. The van der Waals surface area contributed by atoms with Crippen LogP contribution in [0.5, 0.6) is 0 Å². The molecule has 1 heterocycles. The Morgan fingerprint density at radius 2 is 1.89 bits per heavy atom. The Morgan fingerprint density at radius 1 is 1.32 bits per heavy atom. The first kappa shape index (κ1) is 16.0. The normalized spacial score (nSPS) is 12.2. The van der Waals surface area contributed by atoms with Gasteiger partial charge in [0.15, 0.2) is 0 Å². The van der Waals surface area contributed by atoms with Crippen LogP contribution in [0.4, 0.5) is 4.79 Å². The van der Waals surface area contributed by atoms with Gasteiger partial charge in [0.1, 0.15) is 0 Å². The summed E-state index contributed by atoms with van der Waals surface area (Å²) in [6.45, 7) is 12.6. The van der Waals surface area contributed by atoms with Gasteiger partial charge < -0.3 is 10.4 Å². The van der Waals surface area contributed by atoms with E-state index in [0.29, 0.717) is 11.8 Å². The summed E-state index contributed by atoms with van der Waals surface area (Å²) in [7, 11) is 0. The lowest BCUT2D eigenvalue weighted by Gasteiger charge is -2.25. The van der Waals surface area contributed by atoms with Crippen molar-refractivity contribution in [3.63, 3.8) is 0 Å². The monoisotopic (exact) mass is 283 g/mol. The zero-order chi connectivity index (χ0) is 14.8. The predicted octanol–water partition coefficient (Wildman–Crippen LogP) is 4.58. The SMILES string of the molecule is CC(C)c1cc(CC(C)(C)NC(=O)O)c(C(C)C)s1. The third kappa shape index (κ3) is 4.53. The summed E-state index contributed by atoms with van der Waals surface area (Å²) in [4.78, 5) is 13.6. The van der Waals surface area contributed by atoms with E-state index in [4.69, 9.17) is 5.11 Å². The summed E-state index contributed by atoms with van der Waals surface area (Å²) in [5, 5.41) is 11.5. The maximum absolute atomic E-state index is 10.8. The van der Waals surface area contributed by atoms with E-state index in [1.807, 2.05) is 25.2 Å². The summed E-state index contributed by atoms with van der Waals surface area (Å²) in [5.74, 6) is 1.000. The average molecular weight is 283 g/mol. The van der Waals surface area contributed by atoms with Gasteiger partial charge in [-0.15, -0.1) is 11.3 Å². The number of carbonyl (C=O) groups is 1. The molecule has 108 valence electrons. The number of rotatable bonds is 5. The molecule has 0 fully saturated rings. The Balaban J connectivity index is 3.02. The molecule has 0 saturated heterocycles. The molecule has 1 rings (SSSR count). The van der Waals surface area contributed by atoms with Gasteiger partial charge >= 0.3 is 6.09 Å². The number of amides is 1. The number of carboxylic acid groups (broad SMARTS) is 1. The van der Waals surface area contributed by atoms with E-state index >= 15 is 0 Å². The molecule has 0 aliphatic rings. The highest BCUT2D eigenvalue weighted by molar-refractivity contribution is 7.12. The molecule has 0 atom stereocenters. The minimum Gasteiger partial charge on any atom is -0.465 e. The highest BCUT2D eigenvalue weighted by Gasteiger charge is 2.24. The van der Waals surface area contributed by atoms with Crippen LogP contribution in [0.15, 0.2) is 6.07 Å². The third-order valence-electron chi connectivity index (χ3n) is 3.03. The number of hydrogen-bond donors (Lipinski definition) is 2. The number of thiophene rings is 1. The molecule has 0 spiro atoms. The Kier molecular flexibility index (Phi) is 5.02. The van der Waals surface area contributed by atoms with Crippen LogP contribution in [0.1, 0.15) is 68.7 Å². The van der Waals surface area contributed by atoms with Crippen LogP contribution in [0.3, 0.4) is 0 Å². The van der Waals surface area contributed by atoms with E-state index in [1.165, 1.54) is 15.3 Å². The van der Waals surface area contributed by atoms with Crippen molar-refractivity contribution in [1.82, 2.24) is 5.32 Å². The molecule has 19 heavy (non-hydrogen) atoms. The predicted molar refractivity (Wildman–Crippen MR) is 81.4 cm³/mol. The van der Waals surface area contributed by atoms with Crippen molar-refractivity contribution < 1.29 is 9.90 Å². The maximum Gasteiger partial charge on any atom is 0.405 e. The fourth-order valence-corrected chi connectivity index (χ4v) is 3.37. The molecule has 0 aromatic carbocycles. The zero-order valence-corrected chi connectivity index (χ0v) is 13.5. The van der Waals surface area contributed by atoms with Gasteiger partial charge in [0.2, 0.25) is 0 Å². The molecule has 1 amide bonds. The second-order valence-corrected chi connectivity index (χ2v) is 7.45. The molecule has 0 bridgehead atoms. The highest BCUT2D eigenvalue weighted by atomic mass is 32.1. The van der Waals surface area contributed by atoms with Gasteiger partial charge in [0.05, 0.1) is 0 Å². The standard InChI is InChI=1S/C15H25NO2S/c1-9(2)12-7-11(13(19-12)10(3)4)8-15(5,6)16-14(17)18/h7,9-10,16H,8H2,1-6H3,(H,17,18). The largest absolute Gasteiger partial charge is 0.465 e. The van der Waals surface area contributed by atoms with E-state index in [1.54, 1.807) is 0 Å². The minimum atomic E-state index is -0.963. The van der Waals surface area contributed by atoms with Crippen LogP contribution >= 0.6 is 11.3 Å². The van der Waals surface area contributed by atoms with Crippen molar-refractivity contribution in [1.29, 1.82) is 0 Å². The third-order valence-corrected chi connectivity index (χ3v) is 4.81. The Hall–Kier alpha value is -1.03. The van der Waals surface area contributed by atoms with E-state index in [0.717, 1.165) is 6.42 Å². The topological polar surface area (TPSA) is 49.3 Å². The van der Waals surface area contributed by atoms with Gasteiger partial charge in [-0.2, -0.15) is 0 Å². The van der Waals surface area contributed by atoms with Gasteiger partial charge in [-0.05, 0) is 43.7 Å². The minimum absolute atomic E-state index is 0.440. The molecule has 0 aliphatic carbocycles. The molecule has 1 aromatic rings. The van der Waals surface area contributed by atoms with E-state index < -0.39 is 11.6 Å². The fourth-order valence-electron chi connectivity index (χ4n) is 2.19. The van der Waals surface area contributed by atoms with Gasteiger partial charge in [-0.25, -0.2) is 4.79 Å². The molecular weight excluding hydrogens is 258 g/mol. The second-order valence-electron chi connectivity index (χ2n) is 6.34. The summed E-state index contributed by atoms with van der Waals surface area (Å²) >= 11 is 1.86. The number of hydrogen-bond acceptors (Lipinski definition) is 2. The Bertz CT molecular complexity index is 447. The lowest BCUT2D eigenvalue weighted by molar-refractivity contribution is 0.182. The van der Waals surface area contributed by atoms with Crippen LogP contribution in [0.2, 0.25) is 0 Å². The molecule has 0 aliphatic heterocycles.